The molecule has 0 aliphatic carbocycles. The average Bonchev–Trinajstić information content (AvgIpc) is 2.08. The largest absolute Gasteiger partial charge is 0.488 e. The first-order valence-corrected chi connectivity index (χ1v) is 4.13. The van der Waals surface area contributed by atoms with E-state index in [1.54, 1.807) is 24.3 Å². The molecule has 4 nitrogen and oxygen atoms in total. The highest BCUT2D eigenvalue weighted by Crippen LogP contribution is 2.14. The summed E-state index contributed by atoms with van der Waals surface area (Å²) in [5.74, 6) is 0.725. The van der Waals surface area contributed by atoms with Crippen LogP contribution in [0.4, 0.5) is 5.69 Å². The standard InChI is InChI=1S/C9H15N3O/c1-6(9(11)12)13-8-4-2-7(10)3-5-8/h2-6,9H,10-12H2,1H3. The summed E-state index contributed by atoms with van der Waals surface area (Å²) in [5, 5.41) is 0. The molecule has 1 aromatic carbocycles. The fourth-order valence-electron chi connectivity index (χ4n) is 0.840. The SMILES string of the molecule is CC(Oc1ccc(N)cc1)C(N)N. The van der Waals surface area contributed by atoms with Crippen molar-refractivity contribution >= 4 is 5.69 Å². The van der Waals surface area contributed by atoms with Crippen molar-refractivity contribution in [3.8, 4) is 5.75 Å². The maximum Gasteiger partial charge on any atom is 0.124 e. The molecule has 13 heavy (non-hydrogen) atoms. The van der Waals surface area contributed by atoms with Gasteiger partial charge in [-0.2, -0.15) is 0 Å². The van der Waals surface area contributed by atoms with Crippen molar-refractivity contribution < 1.29 is 4.74 Å². The zero-order chi connectivity index (χ0) is 9.84. The molecule has 72 valence electrons. The van der Waals surface area contributed by atoms with Gasteiger partial charge >= 0.3 is 0 Å². The van der Waals surface area contributed by atoms with Gasteiger partial charge in [0.05, 0.1) is 6.17 Å². The number of benzene rings is 1. The van der Waals surface area contributed by atoms with Crippen LogP contribution in [0.3, 0.4) is 0 Å². The average molecular weight is 181 g/mol. The van der Waals surface area contributed by atoms with E-state index in [-0.39, 0.29) is 6.10 Å². The van der Waals surface area contributed by atoms with Crippen molar-refractivity contribution in [3.05, 3.63) is 24.3 Å². The Morgan fingerprint density at radius 1 is 1.15 bits per heavy atom. The van der Waals surface area contributed by atoms with Gasteiger partial charge in [0.15, 0.2) is 0 Å². The molecule has 0 amide bonds. The minimum Gasteiger partial charge on any atom is -0.488 e. The van der Waals surface area contributed by atoms with Crippen LogP contribution in [-0.2, 0) is 0 Å². The molecule has 0 fully saturated rings. The first-order chi connectivity index (χ1) is 6.09. The molecule has 1 atom stereocenters. The molecule has 6 N–H and O–H groups in total. The molecular weight excluding hydrogens is 166 g/mol. The van der Waals surface area contributed by atoms with Gasteiger partial charge < -0.3 is 21.9 Å². The minimum absolute atomic E-state index is 0.205. The van der Waals surface area contributed by atoms with E-state index in [1.165, 1.54) is 0 Å². The van der Waals surface area contributed by atoms with Crippen LogP contribution in [0.2, 0.25) is 0 Å². The Labute approximate surface area is 77.7 Å². The first kappa shape index (κ1) is 9.83. The summed E-state index contributed by atoms with van der Waals surface area (Å²) in [5.41, 5.74) is 17.1. The van der Waals surface area contributed by atoms with Crippen LogP contribution in [0.15, 0.2) is 24.3 Å². The quantitative estimate of drug-likeness (QED) is 0.461. The maximum absolute atomic E-state index is 5.51. The number of ether oxygens (including phenoxy) is 1. The normalized spacial score (nSPS) is 12.9. The summed E-state index contributed by atoms with van der Waals surface area (Å²) in [7, 11) is 0. The smallest absolute Gasteiger partial charge is 0.124 e. The molecule has 0 aromatic heterocycles. The van der Waals surface area contributed by atoms with E-state index in [2.05, 4.69) is 0 Å². The van der Waals surface area contributed by atoms with Crippen LogP contribution in [0.5, 0.6) is 5.75 Å². The Bertz CT molecular complexity index is 258. The summed E-state index contributed by atoms with van der Waals surface area (Å²) in [6.07, 6.45) is -0.679. The number of rotatable bonds is 3. The Morgan fingerprint density at radius 2 is 1.69 bits per heavy atom. The molecule has 0 spiro atoms. The van der Waals surface area contributed by atoms with Crippen LogP contribution in [-0.4, -0.2) is 12.3 Å². The van der Waals surface area contributed by atoms with E-state index >= 15 is 0 Å². The monoisotopic (exact) mass is 181 g/mol. The third-order valence-electron chi connectivity index (χ3n) is 1.74. The van der Waals surface area contributed by atoms with Gasteiger partial charge in [-0.05, 0) is 31.2 Å². The van der Waals surface area contributed by atoms with Gasteiger partial charge in [0.1, 0.15) is 11.9 Å². The molecule has 0 saturated heterocycles. The lowest BCUT2D eigenvalue weighted by Crippen LogP contribution is -2.44. The van der Waals surface area contributed by atoms with Gasteiger partial charge in [-0.15, -0.1) is 0 Å². The zero-order valence-electron chi connectivity index (χ0n) is 7.60. The highest BCUT2D eigenvalue weighted by atomic mass is 16.5. The summed E-state index contributed by atoms with van der Waals surface area (Å²) < 4.78 is 5.43. The lowest BCUT2D eigenvalue weighted by Gasteiger charge is -2.17. The van der Waals surface area contributed by atoms with E-state index in [0.717, 1.165) is 5.75 Å². The van der Waals surface area contributed by atoms with E-state index in [9.17, 15) is 0 Å². The van der Waals surface area contributed by atoms with Crippen LogP contribution in [0, 0.1) is 0 Å². The molecule has 1 rings (SSSR count). The van der Waals surface area contributed by atoms with Crippen LogP contribution in [0.25, 0.3) is 0 Å². The summed E-state index contributed by atoms with van der Waals surface area (Å²) >= 11 is 0. The number of nitrogen functional groups attached to an aromatic ring is 1. The molecule has 4 heteroatoms. The number of nitrogens with two attached hydrogens (primary N) is 3. The van der Waals surface area contributed by atoms with Gasteiger partial charge in [0.25, 0.3) is 0 Å². The van der Waals surface area contributed by atoms with Gasteiger partial charge in [0.2, 0.25) is 0 Å². The predicted octanol–water partition coefficient (Wildman–Crippen LogP) is 0.280. The molecule has 0 heterocycles. The minimum atomic E-state index is -0.474. The summed E-state index contributed by atoms with van der Waals surface area (Å²) in [6, 6.07) is 7.11. The Balaban J connectivity index is 2.59. The van der Waals surface area contributed by atoms with E-state index in [0.29, 0.717) is 5.69 Å². The number of hydrogen-bond donors (Lipinski definition) is 3. The highest BCUT2D eigenvalue weighted by molar-refractivity contribution is 5.41. The van der Waals surface area contributed by atoms with E-state index in [1.807, 2.05) is 6.92 Å². The Hall–Kier alpha value is -1.26. The third kappa shape index (κ3) is 2.93. The molecule has 0 radical (unpaired) electrons. The predicted molar refractivity (Wildman–Crippen MR) is 53.1 cm³/mol. The molecular formula is C9H15N3O. The van der Waals surface area contributed by atoms with Crippen molar-refractivity contribution in [2.75, 3.05) is 5.73 Å². The second-order valence-corrected chi connectivity index (χ2v) is 2.97. The summed E-state index contributed by atoms with van der Waals surface area (Å²) in [4.78, 5) is 0. The topological polar surface area (TPSA) is 87.3 Å². The molecule has 0 aliphatic rings. The van der Waals surface area contributed by atoms with Crippen LogP contribution >= 0.6 is 0 Å². The highest BCUT2D eigenvalue weighted by Gasteiger charge is 2.08. The van der Waals surface area contributed by atoms with Crippen molar-refractivity contribution in [2.45, 2.75) is 19.2 Å². The molecule has 0 saturated carbocycles. The van der Waals surface area contributed by atoms with Gasteiger partial charge in [-0.3, -0.25) is 0 Å². The van der Waals surface area contributed by atoms with Crippen molar-refractivity contribution in [2.24, 2.45) is 11.5 Å². The molecule has 1 aromatic rings. The van der Waals surface area contributed by atoms with Crippen molar-refractivity contribution in [1.82, 2.24) is 0 Å². The fraction of sp³-hybridized carbons (Fsp3) is 0.333. The molecule has 0 aliphatic heterocycles. The molecule has 0 bridgehead atoms. The Kier molecular flexibility index (Phi) is 3.11. The number of hydrogen-bond acceptors (Lipinski definition) is 4. The van der Waals surface area contributed by atoms with E-state index in [4.69, 9.17) is 21.9 Å². The van der Waals surface area contributed by atoms with E-state index < -0.39 is 6.17 Å². The lowest BCUT2D eigenvalue weighted by atomic mass is 10.3. The van der Waals surface area contributed by atoms with Crippen molar-refractivity contribution in [1.29, 1.82) is 0 Å². The maximum atomic E-state index is 5.51. The van der Waals surface area contributed by atoms with Gasteiger partial charge in [-0.1, -0.05) is 0 Å². The zero-order valence-corrected chi connectivity index (χ0v) is 7.60. The van der Waals surface area contributed by atoms with Crippen molar-refractivity contribution in [3.63, 3.8) is 0 Å². The van der Waals surface area contributed by atoms with Crippen LogP contribution in [0.1, 0.15) is 6.92 Å². The van der Waals surface area contributed by atoms with Gasteiger partial charge in [-0.25, -0.2) is 0 Å². The molecule has 1 unspecified atom stereocenters. The Morgan fingerprint density at radius 3 is 2.15 bits per heavy atom. The second kappa shape index (κ2) is 4.11. The van der Waals surface area contributed by atoms with Crippen LogP contribution < -0.4 is 21.9 Å². The summed E-state index contributed by atoms with van der Waals surface area (Å²) in [6.45, 7) is 1.82. The third-order valence-corrected chi connectivity index (χ3v) is 1.74. The lowest BCUT2D eigenvalue weighted by molar-refractivity contribution is 0.192. The number of anilines is 1. The fourth-order valence-corrected chi connectivity index (χ4v) is 0.840. The first-order valence-electron chi connectivity index (χ1n) is 4.13. The van der Waals surface area contributed by atoms with Gasteiger partial charge in [0, 0.05) is 5.69 Å². The second-order valence-electron chi connectivity index (χ2n) is 2.97.